The molecule has 0 atom stereocenters. The molecule has 0 saturated heterocycles. The number of carbonyl (C=O) groups is 1. The lowest BCUT2D eigenvalue weighted by atomic mass is 9.97. The first-order valence-corrected chi connectivity index (χ1v) is 11.2. The Kier molecular flexibility index (Phi) is 5.85. The maximum Gasteiger partial charge on any atom is 0.255 e. The maximum absolute atomic E-state index is 13.3. The molecule has 1 heterocycles. The van der Waals surface area contributed by atoms with Crippen LogP contribution in [0.15, 0.2) is 91.1 Å². The van der Waals surface area contributed by atoms with Gasteiger partial charge in [0.1, 0.15) is 5.75 Å². The molecule has 0 radical (unpaired) electrons. The molecule has 1 aromatic heterocycles. The summed E-state index contributed by atoms with van der Waals surface area (Å²) in [5.74, 6) is 0.623. The number of nitrogens with zero attached hydrogens (tertiary/aromatic N) is 2. The highest BCUT2D eigenvalue weighted by Gasteiger charge is 2.14. The number of nitrogens with one attached hydrogen (secondary N) is 1. The number of hydrogen-bond donors (Lipinski definition) is 2. The average Bonchev–Trinajstić information content (AvgIpc) is 2.89. The van der Waals surface area contributed by atoms with Gasteiger partial charge in [-0.05, 0) is 71.1 Å². The van der Waals surface area contributed by atoms with Crippen molar-refractivity contribution in [3.8, 4) is 28.0 Å². The van der Waals surface area contributed by atoms with E-state index in [4.69, 9.17) is 10.5 Å². The summed E-state index contributed by atoms with van der Waals surface area (Å²) >= 11 is 0. The zero-order valence-corrected chi connectivity index (χ0v) is 19.4. The number of methoxy groups -OCH3 is 1. The lowest BCUT2D eigenvalue weighted by molar-refractivity contribution is 0.102. The Labute approximate surface area is 203 Å². The van der Waals surface area contributed by atoms with Crippen LogP contribution in [-0.4, -0.2) is 23.0 Å². The molecule has 6 nitrogen and oxygen atoms in total. The highest BCUT2D eigenvalue weighted by atomic mass is 16.5. The topological polar surface area (TPSA) is 90.1 Å². The Balaban J connectivity index is 1.47. The van der Waals surface area contributed by atoms with Crippen LogP contribution < -0.4 is 15.8 Å². The fraction of sp³-hybridized carbons (Fsp3) is 0.0690. The van der Waals surface area contributed by atoms with Crippen molar-refractivity contribution < 1.29 is 9.53 Å². The molecule has 0 bridgehead atoms. The number of nitrogen functional groups attached to an aromatic ring is 1. The number of anilines is 2. The van der Waals surface area contributed by atoms with E-state index in [0.29, 0.717) is 17.0 Å². The summed E-state index contributed by atoms with van der Waals surface area (Å²) in [6.45, 7) is 2.02. The summed E-state index contributed by atoms with van der Waals surface area (Å²) in [5, 5.41) is 3.91. The third-order valence-corrected chi connectivity index (χ3v) is 5.96. The van der Waals surface area contributed by atoms with Crippen LogP contribution in [0.2, 0.25) is 0 Å². The number of amides is 1. The van der Waals surface area contributed by atoms with Gasteiger partial charge >= 0.3 is 0 Å². The quantitative estimate of drug-likeness (QED) is 0.330. The molecule has 0 fully saturated rings. The Morgan fingerprint density at radius 1 is 0.886 bits per heavy atom. The summed E-state index contributed by atoms with van der Waals surface area (Å²) < 4.78 is 5.50. The van der Waals surface area contributed by atoms with Crippen molar-refractivity contribution in [1.82, 2.24) is 9.97 Å². The Morgan fingerprint density at radius 2 is 1.69 bits per heavy atom. The molecular formula is C29H24N4O2. The molecule has 5 rings (SSSR count). The van der Waals surface area contributed by atoms with Gasteiger partial charge in [0.25, 0.3) is 5.91 Å². The summed E-state index contributed by atoms with van der Waals surface area (Å²) in [6.07, 6.45) is 1.71. The van der Waals surface area contributed by atoms with E-state index in [2.05, 4.69) is 15.3 Å². The predicted molar refractivity (Wildman–Crippen MR) is 141 cm³/mol. The van der Waals surface area contributed by atoms with Gasteiger partial charge in [-0.2, -0.15) is 0 Å². The number of aromatic nitrogens is 2. The zero-order valence-electron chi connectivity index (χ0n) is 19.4. The monoisotopic (exact) mass is 460 g/mol. The normalized spacial score (nSPS) is 10.8. The van der Waals surface area contributed by atoms with Crippen LogP contribution in [0.1, 0.15) is 15.9 Å². The fourth-order valence-electron chi connectivity index (χ4n) is 4.10. The number of carbonyl (C=O) groups excluding carboxylic acids is 1. The van der Waals surface area contributed by atoms with Crippen molar-refractivity contribution in [2.24, 2.45) is 0 Å². The second-order valence-corrected chi connectivity index (χ2v) is 8.27. The Morgan fingerprint density at radius 3 is 2.49 bits per heavy atom. The van der Waals surface area contributed by atoms with Crippen LogP contribution in [0.5, 0.6) is 5.75 Å². The first-order chi connectivity index (χ1) is 17.0. The van der Waals surface area contributed by atoms with Gasteiger partial charge < -0.3 is 15.8 Å². The first kappa shape index (κ1) is 22.1. The van der Waals surface area contributed by atoms with Crippen LogP contribution >= 0.6 is 0 Å². The standard InChI is InChI=1S/C29H24N4O2/c1-18-8-9-22(15-24(18)21-10-12-25-23(14-21)17-31-29(30)33-25)28(34)32-26-16-20(11-13-27(26)35-2)19-6-4-3-5-7-19/h3-17H,1-2H3,(H,32,34)(H2,30,31,33). The molecule has 0 aliphatic heterocycles. The molecule has 6 heteroatoms. The molecule has 1 amide bonds. The van der Waals surface area contributed by atoms with Gasteiger partial charge in [-0.25, -0.2) is 9.97 Å². The lowest BCUT2D eigenvalue weighted by Crippen LogP contribution is -2.13. The lowest BCUT2D eigenvalue weighted by Gasteiger charge is -2.14. The van der Waals surface area contributed by atoms with Crippen molar-refractivity contribution in [2.45, 2.75) is 6.92 Å². The van der Waals surface area contributed by atoms with Crippen LogP contribution in [0, 0.1) is 6.92 Å². The molecule has 3 N–H and O–H groups in total. The molecule has 35 heavy (non-hydrogen) atoms. The third kappa shape index (κ3) is 4.54. The Hall–Kier alpha value is -4.71. The second kappa shape index (κ2) is 9.27. The number of nitrogens with two attached hydrogens (primary N) is 1. The van der Waals surface area contributed by atoms with Gasteiger partial charge in [0, 0.05) is 17.1 Å². The minimum atomic E-state index is -0.216. The molecule has 5 aromatic rings. The van der Waals surface area contributed by atoms with Gasteiger partial charge in [-0.15, -0.1) is 0 Å². The van der Waals surface area contributed by atoms with Crippen LogP contribution in [0.4, 0.5) is 11.6 Å². The SMILES string of the molecule is COc1ccc(-c2ccccc2)cc1NC(=O)c1ccc(C)c(-c2ccc3nc(N)ncc3c2)c1. The molecule has 0 aliphatic carbocycles. The predicted octanol–water partition coefficient (Wildman–Crippen LogP) is 6.12. The number of ether oxygens (including phenoxy) is 1. The first-order valence-electron chi connectivity index (χ1n) is 11.2. The molecular weight excluding hydrogens is 436 g/mol. The van der Waals surface area contributed by atoms with Crippen LogP contribution in [0.3, 0.4) is 0 Å². The molecule has 172 valence electrons. The maximum atomic E-state index is 13.3. The number of rotatable bonds is 5. The van der Waals surface area contributed by atoms with Crippen LogP contribution in [-0.2, 0) is 0 Å². The minimum absolute atomic E-state index is 0.216. The van der Waals surface area contributed by atoms with E-state index in [1.165, 1.54) is 0 Å². The van der Waals surface area contributed by atoms with Gasteiger partial charge in [0.2, 0.25) is 5.95 Å². The van der Waals surface area contributed by atoms with E-state index >= 15 is 0 Å². The van der Waals surface area contributed by atoms with E-state index in [9.17, 15) is 4.79 Å². The Bertz CT molecular complexity index is 1550. The van der Waals surface area contributed by atoms with Crippen LogP contribution in [0.25, 0.3) is 33.2 Å². The highest BCUT2D eigenvalue weighted by Crippen LogP contribution is 2.32. The molecule has 0 saturated carbocycles. The fourth-order valence-corrected chi connectivity index (χ4v) is 4.10. The molecule has 0 unspecified atom stereocenters. The van der Waals surface area contributed by atoms with E-state index < -0.39 is 0 Å². The molecule has 4 aromatic carbocycles. The van der Waals surface area contributed by atoms with Crippen molar-refractivity contribution in [3.05, 3.63) is 102 Å². The summed E-state index contributed by atoms with van der Waals surface area (Å²) in [6, 6.07) is 27.3. The van der Waals surface area contributed by atoms with Gasteiger partial charge in [0.05, 0.1) is 18.3 Å². The number of hydrogen-bond acceptors (Lipinski definition) is 5. The van der Waals surface area contributed by atoms with Crippen molar-refractivity contribution in [2.75, 3.05) is 18.2 Å². The van der Waals surface area contributed by atoms with E-state index in [0.717, 1.165) is 38.7 Å². The minimum Gasteiger partial charge on any atom is -0.495 e. The van der Waals surface area contributed by atoms with E-state index in [-0.39, 0.29) is 11.9 Å². The van der Waals surface area contributed by atoms with Gasteiger partial charge in [-0.1, -0.05) is 48.5 Å². The highest BCUT2D eigenvalue weighted by molar-refractivity contribution is 6.06. The summed E-state index contributed by atoms with van der Waals surface area (Å²) in [4.78, 5) is 21.6. The summed E-state index contributed by atoms with van der Waals surface area (Å²) in [7, 11) is 1.59. The number of fused-ring (bicyclic) bond motifs is 1. The smallest absolute Gasteiger partial charge is 0.255 e. The average molecular weight is 461 g/mol. The number of aryl methyl sites for hydroxylation is 1. The van der Waals surface area contributed by atoms with E-state index in [1.807, 2.05) is 91.9 Å². The molecule has 0 aliphatic rings. The van der Waals surface area contributed by atoms with Gasteiger partial charge in [0.15, 0.2) is 0 Å². The summed E-state index contributed by atoms with van der Waals surface area (Å²) in [5.41, 5.74) is 12.7. The third-order valence-electron chi connectivity index (χ3n) is 5.96. The van der Waals surface area contributed by atoms with Crippen molar-refractivity contribution >= 4 is 28.4 Å². The molecule has 0 spiro atoms. The number of benzene rings is 4. The van der Waals surface area contributed by atoms with Crippen molar-refractivity contribution in [3.63, 3.8) is 0 Å². The van der Waals surface area contributed by atoms with Crippen molar-refractivity contribution in [1.29, 1.82) is 0 Å². The largest absolute Gasteiger partial charge is 0.495 e. The van der Waals surface area contributed by atoms with E-state index in [1.54, 1.807) is 13.3 Å². The second-order valence-electron chi connectivity index (χ2n) is 8.27. The van der Waals surface area contributed by atoms with Gasteiger partial charge in [-0.3, -0.25) is 4.79 Å². The zero-order chi connectivity index (χ0) is 24.4.